The average Bonchev–Trinajstić information content (AvgIpc) is 2.04. The van der Waals surface area contributed by atoms with Crippen LogP contribution in [0.2, 0.25) is 10.0 Å². The van der Waals surface area contributed by atoms with Crippen LogP contribution in [0.3, 0.4) is 0 Å². The van der Waals surface area contributed by atoms with Gasteiger partial charge in [-0.05, 0) is 23.7 Å². The smallest absolute Gasteiger partial charge is 0.255 e. The molecule has 0 atom stereocenters. The highest BCUT2D eigenvalue weighted by molar-refractivity contribution is 6.70. The molecule has 0 spiro atoms. The molecule has 13 heavy (non-hydrogen) atoms. The molecular weight excluding hydrogens is 234 g/mol. The molecule has 1 aromatic carbocycles. The van der Waals surface area contributed by atoms with Gasteiger partial charge in [-0.2, -0.15) is 0 Å². The van der Waals surface area contributed by atoms with Crippen LogP contribution in [0.5, 0.6) is 5.75 Å². The summed E-state index contributed by atoms with van der Waals surface area (Å²) in [6.45, 7) is 0. The summed E-state index contributed by atoms with van der Waals surface area (Å²) in [6, 6.07) is 3.07. The molecule has 0 fully saturated rings. The van der Waals surface area contributed by atoms with Crippen molar-refractivity contribution < 1.29 is 9.53 Å². The quantitative estimate of drug-likeness (QED) is 0.740. The molecule has 0 saturated carbocycles. The fraction of sp³-hybridized carbons (Fsp3) is 0.125. The summed E-state index contributed by atoms with van der Waals surface area (Å²) in [7, 11) is 1.44. The van der Waals surface area contributed by atoms with Crippen LogP contribution in [-0.4, -0.2) is 12.4 Å². The second-order valence-electron chi connectivity index (χ2n) is 2.21. The molecule has 70 valence electrons. The molecule has 0 amide bonds. The van der Waals surface area contributed by atoms with E-state index in [-0.39, 0.29) is 15.6 Å². The number of rotatable bonds is 2. The van der Waals surface area contributed by atoms with Crippen LogP contribution in [-0.2, 0) is 0 Å². The number of hydrogen-bond acceptors (Lipinski definition) is 2. The highest BCUT2D eigenvalue weighted by atomic mass is 35.5. The summed E-state index contributed by atoms with van der Waals surface area (Å²) < 4.78 is 4.89. The lowest BCUT2D eigenvalue weighted by Gasteiger charge is -2.06. The standard InChI is InChI=1S/C8H5Cl3O2/c1-13-5-3-2-4(9)6(7(5)10)8(11)12/h2-3H,1H3. The van der Waals surface area contributed by atoms with Gasteiger partial charge in [-0.15, -0.1) is 0 Å². The van der Waals surface area contributed by atoms with Crippen LogP contribution in [0, 0.1) is 0 Å². The van der Waals surface area contributed by atoms with Crippen molar-refractivity contribution in [2.24, 2.45) is 0 Å². The van der Waals surface area contributed by atoms with Gasteiger partial charge in [0.05, 0.1) is 22.7 Å². The summed E-state index contributed by atoms with van der Waals surface area (Å²) >= 11 is 16.8. The monoisotopic (exact) mass is 238 g/mol. The Kier molecular flexibility index (Phi) is 3.42. The first-order valence-corrected chi connectivity index (χ1v) is 4.43. The lowest BCUT2D eigenvalue weighted by atomic mass is 10.2. The van der Waals surface area contributed by atoms with E-state index in [1.165, 1.54) is 13.2 Å². The first kappa shape index (κ1) is 10.6. The zero-order chi connectivity index (χ0) is 10.0. The number of hydrogen-bond donors (Lipinski definition) is 0. The maximum Gasteiger partial charge on any atom is 0.255 e. The van der Waals surface area contributed by atoms with E-state index in [1.54, 1.807) is 6.07 Å². The van der Waals surface area contributed by atoms with Crippen molar-refractivity contribution in [3.05, 3.63) is 27.7 Å². The van der Waals surface area contributed by atoms with Crippen molar-refractivity contribution in [1.82, 2.24) is 0 Å². The van der Waals surface area contributed by atoms with E-state index in [2.05, 4.69) is 0 Å². The van der Waals surface area contributed by atoms with Gasteiger partial charge in [0.2, 0.25) is 0 Å². The average molecular weight is 239 g/mol. The first-order valence-electron chi connectivity index (χ1n) is 3.29. The maximum absolute atomic E-state index is 10.9. The molecule has 0 aliphatic carbocycles. The molecule has 0 aliphatic heterocycles. The van der Waals surface area contributed by atoms with Crippen LogP contribution in [0.15, 0.2) is 12.1 Å². The van der Waals surface area contributed by atoms with Crippen LogP contribution in [0.25, 0.3) is 0 Å². The van der Waals surface area contributed by atoms with Gasteiger partial charge >= 0.3 is 0 Å². The molecule has 1 aromatic rings. The van der Waals surface area contributed by atoms with E-state index in [9.17, 15) is 4.79 Å². The molecule has 0 radical (unpaired) electrons. The molecule has 0 bridgehead atoms. The van der Waals surface area contributed by atoms with E-state index < -0.39 is 5.24 Å². The van der Waals surface area contributed by atoms with Crippen LogP contribution >= 0.6 is 34.8 Å². The predicted molar refractivity (Wildman–Crippen MR) is 53.2 cm³/mol. The summed E-state index contributed by atoms with van der Waals surface area (Å²) in [5, 5.41) is -0.352. The van der Waals surface area contributed by atoms with E-state index in [0.29, 0.717) is 5.75 Å². The third kappa shape index (κ3) is 2.08. The summed E-state index contributed by atoms with van der Waals surface area (Å²) in [5.74, 6) is 0.370. The first-order chi connectivity index (χ1) is 6.07. The Morgan fingerprint density at radius 3 is 2.46 bits per heavy atom. The zero-order valence-corrected chi connectivity index (χ0v) is 8.87. The van der Waals surface area contributed by atoms with E-state index in [0.717, 1.165) is 0 Å². The molecule has 0 saturated heterocycles. The third-order valence-electron chi connectivity index (χ3n) is 1.47. The van der Waals surface area contributed by atoms with Crippen LogP contribution in [0.1, 0.15) is 10.4 Å². The van der Waals surface area contributed by atoms with Crippen molar-refractivity contribution in [2.75, 3.05) is 7.11 Å². The SMILES string of the molecule is COc1ccc(Cl)c(C(=O)Cl)c1Cl. The molecule has 0 aromatic heterocycles. The minimum Gasteiger partial charge on any atom is -0.495 e. The van der Waals surface area contributed by atoms with Gasteiger partial charge in [-0.3, -0.25) is 4.79 Å². The maximum atomic E-state index is 10.9. The van der Waals surface area contributed by atoms with Crippen molar-refractivity contribution in [3.63, 3.8) is 0 Å². The molecule has 5 heteroatoms. The lowest BCUT2D eigenvalue weighted by Crippen LogP contribution is -1.95. The van der Waals surface area contributed by atoms with Gasteiger partial charge in [0.15, 0.2) is 0 Å². The van der Waals surface area contributed by atoms with Gasteiger partial charge < -0.3 is 4.74 Å². The molecule has 2 nitrogen and oxygen atoms in total. The second-order valence-corrected chi connectivity index (χ2v) is 3.34. The summed E-state index contributed by atoms with van der Waals surface area (Å²) in [6.07, 6.45) is 0. The Labute approximate surface area is 90.3 Å². The van der Waals surface area contributed by atoms with E-state index in [1.807, 2.05) is 0 Å². The summed E-state index contributed by atoms with van der Waals surface area (Å²) in [4.78, 5) is 10.9. The van der Waals surface area contributed by atoms with Crippen molar-refractivity contribution in [3.8, 4) is 5.75 Å². The highest BCUT2D eigenvalue weighted by Gasteiger charge is 2.16. The topological polar surface area (TPSA) is 26.3 Å². The Balaban J connectivity index is 3.38. The number of halogens is 3. The van der Waals surface area contributed by atoms with Gasteiger partial charge in [0.25, 0.3) is 5.24 Å². The molecule has 0 unspecified atom stereocenters. The largest absolute Gasteiger partial charge is 0.495 e. The van der Waals surface area contributed by atoms with Gasteiger partial charge in [0, 0.05) is 0 Å². The Morgan fingerprint density at radius 2 is 2.00 bits per heavy atom. The normalized spacial score (nSPS) is 9.85. The van der Waals surface area contributed by atoms with Crippen LogP contribution in [0.4, 0.5) is 0 Å². The van der Waals surface area contributed by atoms with Crippen molar-refractivity contribution >= 4 is 40.0 Å². The van der Waals surface area contributed by atoms with E-state index >= 15 is 0 Å². The Hall–Kier alpha value is -0.440. The number of ether oxygens (including phenoxy) is 1. The fourth-order valence-electron chi connectivity index (χ4n) is 0.871. The molecule has 0 aliphatic rings. The van der Waals surface area contributed by atoms with E-state index in [4.69, 9.17) is 39.5 Å². The lowest BCUT2D eigenvalue weighted by molar-refractivity contribution is 0.108. The Morgan fingerprint density at radius 1 is 1.38 bits per heavy atom. The number of carbonyl (C=O) groups excluding carboxylic acids is 1. The van der Waals surface area contributed by atoms with Gasteiger partial charge in [0.1, 0.15) is 5.75 Å². The Bertz CT molecular complexity index is 349. The van der Waals surface area contributed by atoms with Crippen molar-refractivity contribution in [2.45, 2.75) is 0 Å². The summed E-state index contributed by atoms with van der Waals surface area (Å²) in [5.41, 5.74) is 0.0735. The predicted octanol–water partition coefficient (Wildman–Crippen LogP) is 3.38. The molecule has 0 N–H and O–H groups in total. The third-order valence-corrected chi connectivity index (χ3v) is 2.35. The van der Waals surface area contributed by atoms with Gasteiger partial charge in [-0.1, -0.05) is 23.2 Å². The second kappa shape index (κ2) is 4.18. The minimum atomic E-state index is -0.700. The molecular formula is C8H5Cl3O2. The number of benzene rings is 1. The zero-order valence-electron chi connectivity index (χ0n) is 6.61. The number of methoxy groups -OCH3 is 1. The number of carbonyl (C=O) groups is 1. The molecule has 0 heterocycles. The van der Waals surface area contributed by atoms with Crippen molar-refractivity contribution in [1.29, 1.82) is 0 Å². The molecule has 1 rings (SSSR count). The van der Waals surface area contributed by atoms with Crippen LogP contribution < -0.4 is 4.74 Å². The fourth-order valence-corrected chi connectivity index (χ4v) is 1.78. The minimum absolute atomic E-state index is 0.0735. The van der Waals surface area contributed by atoms with Gasteiger partial charge in [-0.25, -0.2) is 0 Å². The highest BCUT2D eigenvalue weighted by Crippen LogP contribution is 2.33.